The summed E-state index contributed by atoms with van der Waals surface area (Å²) >= 11 is 6.45. The molecule has 0 unspecified atom stereocenters. The molecule has 1 aliphatic carbocycles. The molecule has 1 aliphatic rings. The number of benzene rings is 2. The molecule has 3 atom stereocenters. The Bertz CT molecular complexity index is 1020. The van der Waals surface area contributed by atoms with Crippen LogP contribution < -0.4 is 10.6 Å². The molecule has 34 heavy (non-hydrogen) atoms. The van der Waals surface area contributed by atoms with Gasteiger partial charge < -0.3 is 20.5 Å². The van der Waals surface area contributed by atoms with Crippen molar-refractivity contribution in [1.82, 2.24) is 10.6 Å². The highest BCUT2D eigenvalue weighted by atomic mass is 35.5. The molecule has 3 rings (SSSR count). The number of carboxylic acid groups (broad SMARTS) is 1. The second-order valence-electron chi connectivity index (χ2n) is 8.63. The lowest BCUT2D eigenvalue weighted by molar-refractivity contribution is -0.133. The summed E-state index contributed by atoms with van der Waals surface area (Å²) in [5.41, 5.74) is 3.26. The molecule has 182 valence electrons. The summed E-state index contributed by atoms with van der Waals surface area (Å²) in [6, 6.07) is 15.1. The second-order valence-corrected chi connectivity index (χ2v) is 9.04. The van der Waals surface area contributed by atoms with Gasteiger partial charge in [-0.05, 0) is 48.6 Å². The van der Waals surface area contributed by atoms with Gasteiger partial charge in [0.1, 0.15) is 0 Å². The van der Waals surface area contributed by atoms with Crippen LogP contribution in [0.4, 0.5) is 0 Å². The van der Waals surface area contributed by atoms with E-state index in [0.717, 1.165) is 29.5 Å². The van der Waals surface area contributed by atoms with Crippen LogP contribution in [0.3, 0.4) is 0 Å². The molecule has 0 spiro atoms. The van der Waals surface area contributed by atoms with Gasteiger partial charge in [0.25, 0.3) is 0 Å². The van der Waals surface area contributed by atoms with E-state index in [4.69, 9.17) is 16.3 Å². The number of carbonyl (C=O) groups excluding carboxylic acids is 1. The number of nitrogens with one attached hydrogen (secondary N) is 2. The fourth-order valence-corrected chi connectivity index (χ4v) is 4.56. The van der Waals surface area contributed by atoms with E-state index in [0.29, 0.717) is 11.6 Å². The van der Waals surface area contributed by atoms with E-state index < -0.39 is 12.1 Å². The van der Waals surface area contributed by atoms with E-state index in [1.807, 2.05) is 62.4 Å². The Balaban J connectivity index is 1.84. The van der Waals surface area contributed by atoms with Gasteiger partial charge in [-0.3, -0.25) is 4.79 Å². The number of hydrogen-bond acceptors (Lipinski definition) is 4. The maximum absolute atomic E-state index is 12.0. The van der Waals surface area contributed by atoms with Crippen molar-refractivity contribution in [2.75, 3.05) is 0 Å². The fourth-order valence-electron chi connectivity index (χ4n) is 4.34. The number of halogens is 1. The van der Waals surface area contributed by atoms with Crippen LogP contribution in [0, 0.1) is 0 Å². The van der Waals surface area contributed by atoms with Crippen molar-refractivity contribution in [3.05, 3.63) is 70.8 Å². The molecule has 0 heterocycles. The molecule has 0 saturated carbocycles. The molecular weight excluding hydrogens is 452 g/mol. The Hall–Kier alpha value is -2.67. The molecular formula is C27H33ClN2O4. The van der Waals surface area contributed by atoms with Crippen molar-refractivity contribution >= 4 is 23.5 Å². The maximum atomic E-state index is 12.0. The lowest BCUT2D eigenvalue weighted by Gasteiger charge is -2.38. The Kier molecular flexibility index (Phi) is 9.28. The molecule has 6 nitrogen and oxygen atoms in total. The molecule has 1 amide bonds. The maximum Gasteiger partial charge on any atom is 0.331 e. The van der Waals surface area contributed by atoms with Crippen molar-refractivity contribution in [3.63, 3.8) is 0 Å². The van der Waals surface area contributed by atoms with E-state index in [1.54, 1.807) is 6.08 Å². The molecule has 0 fully saturated rings. The number of ether oxygens (including phenoxy) is 1. The van der Waals surface area contributed by atoms with Crippen molar-refractivity contribution in [2.45, 2.75) is 70.9 Å². The quantitative estimate of drug-likeness (QED) is 0.443. The molecule has 7 heteroatoms. The van der Waals surface area contributed by atoms with E-state index in [2.05, 4.69) is 10.6 Å². The number of hydrogen-bond donors (Lipinski definition) is 3. The number of carbonyl (C=O) groups is 2. The first-order chi connectivity index (χ1) is 16.3. The smallest absolute Gasteiger partial charge is 0.331 e. The lowest BCUT2D eigenvalue weighted by Crippen LogP contribution is -2.58. The Morgan fingerprint density at radius 3 is 2.47 bits per heavy atom. The van der Waals surface area contributed by atoms with Crippen molar-refractivity contribution < 1.29 is 19.4 Å². The van der Waals surface area contributed by atoms with Gasteiger partial charge in [0.2, 0.25) is 5.91 Å². The summed E-state index contributed by atoms with van der Waals surface area (Å²) in [7, 11) is 0. The summed E-state index contributed by atoms with van der Waals surface area (Å²) in [5.74, 6) is -1.15. The summed E-state index contributed by atoms with van der Waals surface area (Å²) < 4.78 is 6.25. The molecule has 0 aromatic heterocycles. The van der Waals surface area contributed by atoms with Gasteiger partial charge in [-0.2, -0.15) is 0 Å². The Morgan fingerprint density at radius 2 is 1.85 bits per heavy atom. The van der Waals surface area contributed by atoms with Crippen LogP contribution in [0.2, 0.25) is 5.02 Å². The van der Waals surface area contributed by atoms with Gasteiger partial charge in [-0.15, -0.1) is 0 Å². The largest absolute Gasteiger partial charge is 0.478 e. The SMILES string of the molecule is CCC(CC)O[C@@H]1C=C(C(=O)O)C[C@H](NCc2ccc(Cl)c(-c3ccccc3)c2)[C@H]1NC(C)=O. The molecule has 0 radical (unpaired) electrons. The molecule has 0 saturated heterocycles. The normalized spacial score (nSPS) is 20.1. The summed E-state index contributed by atoms with van der Waals surface area (Å²) in [5, 5.41) is 16.8. The zero-order chi connectivity index (χ0) is 24.7. The fraction of sp³-hybridized carbons (Fsp3) is 0.407. The minimum absolute atomic E-state index is 0.0176. The number of carboxylic acids is 1. The van der Waals surface area contributed by atoms with E-state index in [9.17, 15) is 14.7 Å². The van der Waals surface area contributed by atoms with E-state index >= 15 is 0 Å². The average Bonchev–Trinajstić information content (AvgIpc) is 2.83. The third kappa shape index (κ3) is 6.69. The molecule has 0 aliphatic heterocycles. The average molecular weight is 485 g/mol. The highest BCUT2D eigenvalue weighted by molar-refractivity contribution is 6.33. The van der Waals surface area contributed by atoms with E-state index in [1.165, 1.54) is 6.92 Å². The number of aliphatic carboxylic acids is 1. The van der Waals surface area contributed by atoms with Crippen molar-refractivity contribution in [2.24, 2.45) is 0 Å². The van der Waals surface area contributed by atoms with Crippen LogP contribution in [0.15, 0.2) is 60.2 Å². The Labute approximate surface area is 206 Å². The van der Waals surface area contributed by atoms with Gasteiger partial charge in [-0.1, -0.05) is 61.8 Å². The topological polar surface area (TPSA) is 87.7 Å². The van der Waals surface area contributed by atoms with Gasteiger partial charge in [0.15, 0.2) is 0 Å². The predicted octanol–water partition coefficient (Wildman–Crippen LogP) is 4.96. The standard InChI is InChI=1S/C27H33ClN2O4/c1-4-21(5-2)34-25-15-20(27(32)33)14-24(26(25)30-17(3)31)29-16-18-11-12-23(28)22(13-18)19-9-7-6-8-10-19/h6-13,15,21,24-26,29H,4-5,14,16H2,1-3H3,(H,30,31)(H,32,33)/t24-,25+,26+/m0/s1. The van der Waals surface area contributed by atoms with Gasteiger partial charge >= 0.3 is 5.97 Å². The molecule has 3 N–H and O–H groups in total. The second kappa shape index (κ2) is 12.2. The van der Waals surface area contributed by atoms with Crippen molar-refractivity contribution in [3.8, 4) is 11.1 Å². The third-order valence-corrected chi connectivity index (χ3v) is 6.51. The molecule has 2 aromatic carbocycles. The summed E-state index contributed by atoms with van der Waals surface area (Å²) in [6.45, 7) is 6.02. The highest BCUT2D eigenvalue weighted by Crippen LogP contribution is 2.29. The highest BCUT2D eigenvalue weighted by Gasteiger charge is 2.37. The first-order valence-corrected chi connectivity index (χ1v) is 12.1. The molecule has 2 aromatic rings. The summed E-state index contributed by atoms with van der Waals surface area (Å²) in [6.07, 6.45) is 2.99. The van der Waals surface area contributed by atoms with Gasteiger partial charge in [-0.25, -0.2) is 4.79 Å². The zero-order valence-corrected chi connectivity index (χ0v) is 20.6. The van der Waals surface area contributed by atoms with Crippen LogP contribution in [-0.4, -0.2) is 41.3 Å². The number of rotatable bonds is 10. The lowest BCUT2D eigenvalue weighted by atomic mass is 9.87. The minimum Gasteiger partial charge on any atom is -0.478 e. The molecule has 0 bridgehead atoms. The summed E-state index contributed by atoms with van der Waals surface area (Å²) in [4.78, 5) is 23.9. The van der Waals surface area contributed by atoms with Crippen LogP contribution >= 0.6 is 11.6 Å². The first-order valence-electron chi connectivity index (χ1n) is 11.8. The van der Waals surface area contributed by atoms with Crippen LogP contribution in [0.1, 0.15) is 45.6 Å². The van der Waals surface area contributed by atoms with Crippen LogP contribution in [0.5, 0.6) is 0 Å². The monoisotopic (exact) mass is 484 g/mol. The first kappa shape index (κ1) is 25.9. The Morgan fingerprint density at radius 1 is 1.15 bits per heavy atom. The third-order valence-electron chi connectivity index (χ3n) is 6.18. The number of amides is 1. The van der Waals surface area contributed by atoms with E-state index in [-0.39, 0.29) is 36.1 Å². The van der Waals surface area contributed by atoms with Crippen LogP contribution in [0.25, 0.3) is 11.1 Å². The van der Waals surface area contributed by atoms with Gasteiger partial charge in [0.05, 0.1) is 18.2 Å². The van der Waals surface area contributed by atoms with Crippen LogP contribution in [-0.2, 0) is 20.9 Å². The predicted molar refractivity (Wildman–Crippen MR) is 135 cm³/mol. The van der Waals surface area contributed by atoms with Gasteiger partial charge in [0, 0.05) is 35.7 Å². The zero-order valence-electron chi connectivity index (χ0n) is 19.9. The minimum atomic E-state index is -0.968. The van der Waals surface area contributed by atoms with Crippen molar-refractivity contribution in [1.29, 1.82) is 0 Å².